The molecular weight excluding hydrogens is 318 g/mol. The van der Waals surface area contributed by atoms with E-state index in [-0.39, 0.29) is 12.2 Å². The van der Waals surface area contributed by atoms with Crippen LogP contribution in [-0.4, -0.2) is 38.9 Å². The van der Waals surface area contributed by atoms with Gasteiger partial charge in [-0.3, -0.25) is 4.90 Å². The van der Waals surface area contributed by atoms with Gasteiger partial charge in [0.1, 0.15) is 30.2 Å². The number of anilines is 1. The number of carbonyl (C=O) groups is 1. The minimum Gasteiger partial charge on any atom is -0.462 e. The molecule has 0 atom stereocenters. The molecule has 0 amide bonds. The number of pyridine rings is 1. The summed E-state index contributed by atoms with van der Waals surface area (Å²) >= 11 is 0. The lowest BCUT2D eigenvalue weighted by Crippen LogP contribution is -2.40. The van der Waals surface area contributed by atoms with E-state index in [0.29, 0.717) is 13.2 Å². The predicted molar refractivity (Wildman–Crippen MR) is 93.8 cm³/mol. The molecule has 0 saturated carbocycles. The van der Waals surface area contributed by atoms with Gasteiger partial charge in [0.25, 0.3) is 5.82 Å². The summed E-state index contributed by atoms with van der Waals surface area (Å²) < 4.78 is 10.4. The number of rotatable bonds is 4. The topological polar surface area (TPSA) is 76.7 Å². The van der Waals surface area contributed by atoms with E-state index >= 15 is 0 Å². The van der Waals surface area contributed by atoms with Crippen molar-refractivity contribution in [3.63, 3.8) is 0 Å². The zero-order valence-corrected chi connectivity index (χ0v) is 14.1. The Kier molecular flexibility index (Phi) is 5.26. The summed E-state index contributed by atoms with van der Waals surface area (Å²) in [5.74, 6) is 0.269. The molecular formula is C19H20N3O3+. The van der Waals surface area contributed by atoms with Crippen molar-refractivity contribution in [2.75, 3.05) is 37.8 Å². The van der Waals surface area contributed by atoms with Crippen LogP contribution in [0.2, 0.25) is 0 Å². The summed E-state index contributed by atoms with van der Waals surface area (Å²) in [5.41, 5.74) is 1.76. The monoisotopic (exact) mass is 338 g/mol. The number of H-pyrrole nitrogens is 1. The van der Waals surface area contributed by atoms with Crippen molar-refractivity contribution in [2.24, 2.45) is 0 Å². The first kappa shape index (κ1) is 16.9. The molecule has 0 bridgehead atoms. The van der Waals surface area contributed by atoms with Crippen molar-refractivity contribution in [1.29, 1.82) is 5.26 Å². The Hall–Kier alpha value is -2.91. The van der Waals surface area contributed by atoms with Gasteiger partial charge in [0.2, 0.25) is 0 Å². The molecule has 25 heavy (non-hydrogen) atoms. The number of nitrogens with zero attached hydrogens (tertiary/aromatic N) is 2. The number of benzene rings is 1. The van der Waals surface area contributed by atoms with Crippen LogP contribution in [0.4, 0.5) is 5.82 Å². The first-order valence-corrected chi connectivity index (χ1v) is 8.29. The largest absolute Gasteiger partial charge is 0.462 e. The van der Waals surface area contributed by atoms with E-state index in [1.165, 1.54) is 0 Å². The third kappa shape index (κ3) is 3.78. The van der Waals surface area contributed by atoms with Gasteiger partial charge in [0, 0.05) is 5.39 Å². The lowest BCUT2D eigenvalue weighted by molar-refractivity contribution is -0.331. The second-order valence-corrected chi connectivity index (χ2v) is 5.65. The molecule has 1 aromatic carbocycles. The number of hydrogen-bond donors (Lipinski definition) is 0. The molecule has 2 heterocycles. The fraction of sp³-hybridized carbons (Fsp3) is 0.316. The summed E-state index contributed by atoms with van der Waals surface area (Å²) in [6, 6.07) is 11.8. The number of carbonyl (C=O) groups excluding carboxylic acids is 1. The highest BCUT2D eigenvalue weighted by Gasteiger charge is 2.24. The molecule has 0 radical (unpaired) electrons. The number of nitrogens with one attached hydrogen (secondary N) is 1. The highest BCUT2D eigenvalue weighted by molar-refractivity contribution is 5.99. The van der Waals surface area contributed by atoms with E-state index in [1.54, 1.807) is 13.0 Å². The summed E-state index contributed by atoms with van der Waals surface area (Å²) in [7, 11) is 0. The van der Waals surface area contributed by atoms with Crippen LogP contribution in [0.25, 0.3) is 17.0 Å². The van der Waals surface area contributed by atoms with E-state index in [4.69, 9.17) is 9.47 Å². The number of fused-ring (bicyclic) bond motifs is 1. The quantitative estimate of drug-likeness (QED) is 0.484. The number of ether oxygens (including phenoxy) is 2. The van der Waals surface area contributed by atoms with Gasteiger partial charge in [-0.25, -0.2) is 9.78 Å². The Morgan fingerprint density at radius 3 is 2.88 bits per heavy atom. The maximum atomic E-state index is 12.0. The van der Waals surface area contributed by atoms with Crippen LogP contribution in [0.5, 0.6) is 0 Å². The van der Waals surface area contributed by atoms with Gasteiger partial charge in [-0.2, -0.15) is 5.26 Å². The van der Waals surface area contributed by atoms with Crippen LogP contribution in [0.15, 0.2) is 35.9 Å². The zero-order valence-electron chi connectivity index (χ0n) is 14.1. The normalized spacial score (nSPS) is 15.0. The van der Waals surface area contributed by atoms with E-state index in [1.807, 2.05) is 36.4 Å². The lowest BCUT2D eigenvalue weighted by Gasteiger charge is -2.22. The molecule has 1 fully saturated rings. The van der Waals surface area contributed by atoms with E-state index < -0.39 is 5.97 Å². The van der Waals surface area contributed by atoms with Crippen LogP contribution in [0, 0.1) is 11.3 Å². The van der Waals surface area contributed by atoms with Gasteiger partial charge in [-0.05, 0) is 25.1 Å². The molecule has 1 aliphatic rings. The van der Waals surface area contributed by atoms with Crippen molar-refractivity contribution in [2.45, 2.75) is 6.92 Å². The molecule has 6 heteroatoms. The molecule has 1 N–H and O–H groups in total. The van der Waals surface area contributed by atoms with Gasteiger partial charge < -0.3 is 9.47 Å². The summed E-state index contributed by atoms with van der Waals surface area (Å²) in [5, 5.41) is 10.3. The SMILES string of the molecule is CCOC(=O)/C(C#N)=C/c1cc2ccccc2[nH+]c1N1CCOCC1. The second kappa shape index (κ2) is 7.77. The number of para-hydroxylation sites is 1. The first-order valence-electron chi connectivity index (χ1n) is 8.29. The molecule has 1 aromatic heterocycles. The minimum atomic E-state index is -0.605. The third-order valence-electron chi connectivity index (χ3n) is 4.04. The highest BCUT2D eigenvalue weighted by atomic mass is 16.5. The number of hydrogen-bond acceptors (Lipinski definition) is 5. The number of nitriles is 1. The smallest absolute Gasteiger partial charge is 0.348 e. The maximum Gasteiger partial charge on any atom is 0.348 e. The summed E-state index contributed by atoms with van der Waals surface area (Å²) in [6.45, 7) is 4.74. The van der Waals surface area contributed by atoms with Gasteiger partial charge in [0.05, 0.1) is 25.4 Å². The maximum absolute atomic E-state index is 12.0. The number of aromatic amines is 1. The summed E-state index contributed by atoms with van der Waals surface area (Å²) in [6.07, 6.45) is 1.59. The van der Waals surface area contributed by atoms with Crippen LogP contribution in [0.3, 0.4) is 0 Å². The Balaban J connectivity index is 2.10. The lowest BCUT2D eigenvalue weighted by atomic mass is 10.1. The van der Waals surface area contributed by atoms with Crippen LogP contribution >= 0.6 is 0 Å². The van der Waals surface area contributed by atoms with Crippen molar-refractivity contribution in [3.05, 3.63) is 41.5 Å². The van der Waals surface area contributed by atoms with Gasteiger partial charge in [-0.15, -0.1) is 0 Å². The molecule has 6 nitrogen and oxygen atoms in total. The highest BCUT2D eigenvalue weighted by Crippen LogP contribution is 2.23. The Morgan fingerprint density at radius 2 is 2.16 bits per heavy atom. The zero-order chi connectivity index (χ0) is 17.6. The van der Waals surface area contributed by atoms with Crippen molar-refractivity contribution in [1.82, 2.24) is 0 Å². The van der Waals surface area contributed by atoms with E-state index in [9.17, 15) is 10.1 Å². The van der Waals surface area contributed by atoms with Crippen LogP contribution < -0.4 is 9.88 Å². The van der Waals surface area contributed by atoms with E-state index in [2.05, 4.69) is 9.88 Å². The molecule has 3 rings (SSSR count). The molecule has 0 aliphatic carbocycles. The molecule has 128 valence electrons. The minimum absolute atomic E-state index is 0.0139. The summed E-state index contributed by atoms with van der Waals surface area (Å²) in [4.78, 5) is 17.6. The Labute approximate surface area is 146 Å². The number of esters is 1. The second-order valence-electron chi connectivity index (χ2n) is 5.65. The van der Waals surface area contributed by atoms with Gasteiger partial charge >= 0.3 is 5.97 Å². The number of aromatic nitrogens is 1. The molecule has 0 spiro atoms. The Morgan fingerprint density at radius 1 is 1.40 bits per heavy atom. The molecule has 1 aliphatic heterocycles. The molecule has 2 aromatic rings. The fourth-order valence-corrected chi connectivity index (χ4v) is 2.83. The van der Waals surface area contributed by atoms with Crippen molar-refractivity contribution in [3.8, 4) is 6.07 Å². The molecule has 0 unspecified atom stereocenters. The van der Waals surface area contributed by atoms with Crippen molar-refractivity contribution >= 4 is 28.8 Å². The average molecular weight is 338 g/mol. The van der Waals surface area contributed by atoms with E-state index in [0.717, 1.165) is 35.4 Å². The fourth-order valence-electron chi connectivity index (χ4n) is 2.83. The van der Waals surface area contributed by atoms with Gasteiger partial charge in [0.15, 0.2) is 0 Å². The third-order valence-corrected chi connectivity index (χ3v) is 4.04. The predicted octanol–water partition coefficient (Wildman–Crippen LogP) is 1.96. The molecule has 1 saturated heterocycles. The Bertz CT molecular complexity index is 849. The van der Waals surface area contributed by atoms with Crippen molar-refractivity contribution < 1.29 is 19.3 Å². The first-order chi connectivity index (χ1) is 12.2. The standard InChI is InChI=1S/C19H19N3O3/c1-2-25-19(23)16(13-20)12-15-11-14-5-3-4-6-17(14)21-18(15)22-7-9-24-10-8-22/h3-6,11-12H,2,7-10H2,1H3/p+1/b16-12+. The van der Waals surface area contributed by atoms with Crippen LogP contribution in [-0.2, 0) is 14.3 Å². The van der Waals surface area contributed by atoms with Gasteiger partial charge in [-0.1, -0.05) is 18.2 Å². The number of morpholine rings is 1. The van der Waals surface area contributed by atoms with Crippen LogP contribution in [0.1, 0.15) is 12.5 Å². The average Bonchev–Trinajstić information content (AvgIpc) is 2.66.